The quantitative estimate of drug-likeness (QED) is 0.463. The van der Waals surface area contributed by atoms with Gasteiger partial charge in [0.15, 0.2) is 0 Å². The van der Waals surface area contributed by atoms with Crippen LogP contribution < -0.4 is 0 Å². The molecule has 0 aromatic heterocycles. The van der Waals surface area contributed by atoms with E-state index in [2.05, 4.69) is 0 Å². The summed E-state index contributed by atoms with van der Waals surface area (Å²) in [5, 5.41) is 40.3. The van der Waals surface area contributed by atoms with Crippen molar-refractivity contribution in [2.45, 2.75) is 75.8 Å². The molecule has 2 rings (SSSR count). The van der Waals surface area contributed by atoms with E-state index in [9.17, 15) is 25.2 Å². The van der Waals surface area contributed by atoms with Crippen molar-refractivity contribution in [2.24, 2.45) is 5.92 Å². The fourth-order valence-corrected chi connectivity index (χ4v) is 3.01. The first-order chi connectivity index (χ1) is 10.2. The molecular weight excluding hydrogens is 292 g/mol. The summed E-state index contributed by atoms with van der Waals surface area (Å²) in [5.41, 5.74) is -1.62. The third-order valence-electron chi connectivity index (χ3n) is 4.75. The number of ketones is 1. The first-order valence-electron chi connectivity index (χ1n) is 7.69. The van der Waals surface area contributed by atoms with E-state index >= 15 is 0 Å². The molecule has 2 fully saturated rings. The minimum Gasteiger partial charge on any atom is -0.393 e. The van der Waals surface area contributed by atoms with Crippen LogP contribution in [0.3, 0.4) is 0 Å². The second kappa shape index (κ2) is 6.51. The van der Waals surface area contributed by atoms with Gasteiger partial charge in [-0.1, -0.05) is 6.92 Å². The number of ether oxygens (including phenoxy) is 2. The van der Waals surface area contributed by atoms with Crippen molar-refractivity contribution >= 4 is 5.78 Å². The topological polar surface area (TPSA) is 120 Å². The van der Waals surface area contributed by atoms with Gasteiger partial charge in [0.25, 0.3) is 0 Å². The Labute approximate surface area is 129 Å². The molecule has 2 aliphatic heterocycles. The molecule has 0 radical (unpaired) electrons. The van der Waals surface area contributed by atoms with Crippen LogP contribution in [0.2, 0.25) is 0 Å². The van der Waals surface area contributed by atoms with E-state index in [0.717, 1.165) is 0 Å². The van der Waals surface area contributed by atoms with E-state index in [-0.39, 0.29) is 43.4 Å². The van der Waals surface area contributed by atoms with Gasteiger partial charge < -0.3 is 29.9 Å². The number of aliphatic hydroxyl groups excluding tert-OH is 3. The first-order valence-corrected chi connectivity index (χ1v) is 7.69. The molecule has 0 aromatic rings. The summed E-state index contributed by atoms with van der Waals surface area (Å²) in [4.78, 5) is 11.1. The van der Waals surface area contributed by atoms with Gasteiger partial charge in [-0.25, -0.2) is 0 Å². The van der Waals surface area contributed by atoms with E-state index < -0.39 is 30.0 Å². The molecule has 2 aliphatic rings. The van der Waals surface area contributed by atoms with Gasteiger partial charge in [-0.15, -0.1) is 0 Å². The molecule has 4 N–H and O–H groups in total. The lowest BCUT2D eigenvalue weighted by atomic mass is 9.82. The predicted molar refractivity (Wildman–Crippen MR) is 76.1 cm³/mol. The van der Waals surface area contributed by atoms with E-state index in [0.29, 0.717) is 0 Å². The fraction of sp³-hybridized carbons (Fsp3) is 0.933. The molecule has 8 atom stereocenters. The average Bonchev–Trinajstić information content (AvgIpc) is 3.17. The monoisotopic (exact) mass is 318 g/mol. The molecule has 0 amide bonds. The van der Waals surface area contributed by atoms with E-state index in [4.69, 9.17) is 9.47 Å². The van der Waals surface area contributed by atoms with Crippen LogP contribution in [0.4, 0.5) is 0 Å². The van der Waals surface area contributed by atoms with Crippen LogP contribution in [0.15, 0.2) is 0 Å². The average molecular weight is 318 g/mol. The maximum absolute atomic E-state index is 11.1. The Hall–Kier alpha value is -0.570. The van der Waals surface area contributed by atoms with Crippen molar-refractivity contribution in [3.05, 3.63) is 0 Å². The van der Waals surface area contributed by atoms with Crippen LogP contribution in [0, 0.1) is 5.92 Å². The molecule has 0 spiro atoms. The van der Waals surface area contributed by atoms with Crippen LogP contribution in [0.5, 0.6) is 0 Å². The summed E-state index contributed by atoms with van der Waals surface area (Å²) in [6, 6.07) is 0. The summed E-state index contributed by atoms with van der Waals surface area (Å²) in [7, 11) is 0. The van der Waals surface area contributed by atoms with Gasteiger partial charge >= 0.3 is 0 Å². The Kier molecular flexibility index (Phi) is 5.26. The lowest BCUT2D eigenvalue weighted by Gasteiger charge is -2.43. The highest BCUT2D eigenvalue weighted by atomic mass is 16.6. The number of epoxide rings is 1. The normalized spacial score (nSPS) is 44.4. The molecular formula is C15H26O7. The van der Waals surface area contributed by atoms with Crippen LogP contribution in [-0.4, -0.2) is 75.0 Å². The van der Waals surface area contributed by atoms with Crippen molar-refractivity contribution in [2.75, 3.05) is 6.61 Å². The first kappa shape index (κ1) is 17.8. The van der Waals surface area contributed by atoms with Crippen molar-refractivity contribution in [3.63, 3.8) is 0 Å². The number of rotatable bonds is 6. The summed E-state index contributed by atoms with van der Waals surface area (Å²) in [6.07, 6.45) is -4.42. The summed E-state index contributed by atoms with van der Waals surface area (Å²) in [6.45, 7) is 4.74. The lowest BCUT2D eigenvalue weighted by molar-refractivity contribution is -0.237. The van der Waals surface area contributed by atoms with Crippen LogP contribution >= 0.6 is 0 Å². The number of hydrogen-bond acceptors (Lipinski definition) is 7. The minimum absolute atomic E-state index is 0.00405. The van der Waals surface area contributed by atoms with Crippen molar-refractivity contribution in [3.8, 4) is 0 Å². The molecule has 2 saturated heterocycles. The maximum Gasteiger partial charge on any atom is 0.132 e. The van der Waals surface area contributed by atoms with Crippen molar-refractivity contribution < 1.29 is 34.7 Å². The molecule has 22 heavy (non-hydrogen) atoms. The molecule has 7 heteroatoms. The maximum atomic E-state index is 11.1. The molecule has 8 unspecified atom stereocenters. The van der Waals surface area contributed by atoms with Gasteiger partial charge in [-0.2, -0.15) is 0 Å². The van der Waals surface area contributed by atoms with Crippen molar-refractivity contribution in [1.82, 2.24) is 0 Å². The Morgan fingerprint density at radius 2 is 1.95 bits per heavy atom. The van der Waals surface area contributed by atoms with E-state index in [1.807, 2.05) is 6.92 Å². The van der Waals surface area contributed by atoms with E-state index in [1.165, 1.54) is 6.92 Å². The van der Waals surface area contributed by atoms with Crippen LogP contribution in [0.25, 0.3) is 0 Å². The Morgan fingerprint density at radius 3 is 2.50 bits per heavy atom. The third kappa shape index (κ3) is 3.67. The lowest BCUT2D eigenvalue weighted by Crippen LogP contribution is -2.62. The Balaban J connectivity index is 1.93. The number of carbonyl (C=O) groups excluding carboxylic acids is 1. The van der Waals surface area contributed by atoms with Crippen molar-refractivity contribution in [1.29, 1.82) is 0 Å². The summed E-state index contributed by atoms with van der Waals surface area (Å²) in [5.74, 6) is -0.233. The third-order valence-corrected chi connectivity index (χ3v) is 4.75. The standard InChI is InChI=1S/C15H26O7/c1-7(16)4-10-12(18)14(19)15(20,6-21-10)5-11-13(22-11)8(2)9(3)17/h8-14,17-20H,4-6H2,1-3H3. The Bertz CT molecular complexity index is 413. The SMILES string of the molecule is CC(=O)CC1OCC(O)(CC2OC2C(C)C(C)O)C(O)C1O. The van der Waals surface area contributed by atoms with Gasteiger partial charge in [0, 0.05) is 18.8 Å². The van der Waals surface area contributed by atoms with Gasteiger partial charge in [0.2, 0.25) is 0 Å². The highest BCUT2D eigenvalue weighted by Crippen LogP contribution is 2.40. The van der Waals surface area contributed by atoms with Gasteiger partial charge in [0.05, 0.1) is 31.0 Å². The zero-order valence-electron chi connectivity index (χ0n) is 13.2. The largest absolute Gasteiger partial charge is 0.393 e. The summed E-state index contributed by atoms with van der Waals surface area (Å²) >= 11 is 0. The highest BCUT2D eigenvalue weighted by molar-refractivity contribution is 5.76. The number of Topliss-reactive ketones (excluding diaryl/α,β-unsaturated/α-hetero) is 1. The van der Waals surface area contributed by atoms with E-state index in [1.54, 1.807) is 6.92 Å². The van der Waals surface area contributed by atoms with Gasteiger partial charge in [-0.3, -0.25) is 4.79 Å². The predicted octanol–water partition coefficient (Wildman–Crippen LogP) is -1.01. The van der Waals surface area contributed by atoms with Gasteiger partial charge in [0.1, 0.15) is 23.6 Å². The number of carbonyl (C=O) groups is 1. The smallest absolute Gasteiger partial charge is 0.132 e. The number of hydrogen-bond donors (Lipinski definition) is 4. The zero-order chi connectivity index (χ0) is 16.7. The molecule has 7 nitrogen and oxygen atoms in total. The molecule has 128 valence electrons. The van der Waals surface area contributed by atoms with Crippen LogP contribution in [-0.2, 0) is 14.3 Å². The second-order valence-corrected chi connectivity index (χ2v) is 6.74. The zero-order valence-corrected chi connectivity index (χ0v) is 13.2. The molecule has 0 saturated carbocycles. The summed E-state index contributed by atoms with van der Waals surface area (Å²) < 4.78 is 10.8. The number of aliphatic hydroxyl groups is 4. The molecule has 0 bridgehead atoms. The fourth-order valence-electron chi connectivity index (χ4n) is 3.01. The van der Waals surface area contributed by atoms with Crippen LogP contribution in [0.1, 0.15) is 33.6 Å². The second-order valence-electron chi connectivity index (χ2n) is 6.74. The Morgan fingerprint density at radius 1 is 1.32 bits per heavy atom. The molecule has 2 heterocycles. The van der Waals surface area contributed by atoms with Gasteiger partial charge in [-0.05, 0) is 13.8 Å². The highest BCUT2D eigenvalue weighted by Gasteiger charge is 2.55. The molecule has 0 aromatic carbocycles. The molecule has 0 aliphatic carbocycles. The minimum atomic E-state index is -1.62.